The van der Waals surface area contributed by atoms with Crippen molar-refractivity contribution in [2.24, 2.45) is 0 Å². The van der Waals surface area contributed by atoms with Gasteiger partial charge in [-0.1, -0.05) is 67.9 Å². The SMILES string of the molecule is Cc1ccc(C)c(C(=O)c2ccccc2C(=O)OCC(=O)Nc2c(C)cccc2C(C)C)c1. The monoisotopic (exact) mass is 443 g/mol. The molecule has 1 N–H and O–H groups in total. The number of anilines is 1. The molecular formula is C28H29NO4. The summed E-state index contributed by atoms with van der Waals surface area (Å²) in [7, 11) is 0. The van der Waals surface area contributed by atoms with Gasteiger partial charge in [0, 0.05) is 16.8 Å². The van der Waals surface area contributed by atoms with E-state index in [-0.39, 0.29) is 22.8 Å². The number of rotatable bonds is 7. The van der Waals surface area contributed by atoms with E-state index in [0.717, 1.165) is 27.9 Å². The van der Waals surface area contributed by atoms with Crippen LogP contribution in [0.25, 0.3) is 0 Å². The van der Waals surface area contributed by atoms with Gasteiger partial charge in [-0.05, 0) is 55.5 Å². The average Bonchev–Trinajstić information content (AvgIpc) is 2.79. The third kappa shape index (κ3) is 5.55. The summed E-state index contributed by atoms with van der Waals surface area (Å²) in [4.78, 5) is 38.5. The first-order chi connectivity index (χ1) is 15.7. The van der Waals surface area contributed by atoms with E-state index in [1.807, 2.05) is 71.0 Å². The Balaban J connectivity index is 1.76. The Morgan fingerprint density at radius 3 is 2.21 bits per heavy atom. The van der Waals surface area contributed by atoms with Gasteiger partial charge < -0.3 is 10.1 Å². The second kappa shape index (κ2) is 10.3. The maximum absolute atomic E-state index is 13.2. The topological polar surface area (TPSA) is 72.5 Å². The fraction of sp³-hybridized carbons (Fsp3) is 0.250. The molecule has 0 fully saturated rings. The van der Waals surface area contributed by atoms with E-state index >= 15 is 0 Å². The van der Waals surface area contributed by atoms with Crippen molar-refractivity contribution in [1.82, 2.24) is 0 Å². The van der Waals surface area contributed by atoms with Crippen molar-refractivity contribution >= 4 is 23.3 Å². The summed E-state index contributed by atoms with van der Waals surface area (Å²) in [6.45, 7) is 9.34. The Morgan fingerprint density at radius 1 is 0.818 bits per heavy atom. The fourth-order valence-corrected chi connectivity index (χ4v) is 3.71. The molecule has 0 unspecified atom stereocenters. The molecule has 0 heterocycles. The fourth-order valence-electron chi connectivity index (χ4n) is 3.71. The van der Waals surface area contributed by atoms with Gasteiger partial charge in [-0.25, -0.2) is 4.79 Å². The highest BCUT2D eigenvalue weighted by atomic mass is 16.5. The zero-order valence-corrected chi connectivity index (χ0v) is 19.7. The summed E-state index contributed by atoms with van der Waals surface area (Å²) < 4.78 is 5.28. The molecule has 0 aliphatic rings. The van der Waals surface area contributed by atoms with E-state index in [4.69, 9.17) is 4.74 Å². The lowest BCUT2D eigenvalue weighted by Crippen LogP contribution is -2.23. The molecule has 0 bridgehead atoms. The van der Waals surface area contributed by atoms with Gasteiger partial charge in [0.15, 0.2) is 12.4 Å². The lowest BCUT2D eigenvalue weighted by atomic mass is 9.94. The molecule has 0 aromatic heterocycles. The number of carbonyl (C=O) groups excluding carboxylic acids is 3. The maximum atomic E-state index is 13.2. The van der Waals surface area contributed by atoms with Crippen molar-refractivity contribution in [2.75, 3.05) is 11.9 Å². The van der Waals surface area contributed by atoms with Crippen molar-refractivity contribution in [3.8, 4) is 0 Å². The number of aryl methyl sites for hydroxylation is 3. The summed E-state index contributed by atoms with van der Waals surface area (Å²) >= 11 is 0. The lowest BCUT2D eigenvalue weighted by Gasteiger charge is -2.16. The van der Waals surface area contributed by atoms with Crippen molar-refractivity contribution in [3.63, 3.8) is 0 Å². The maximum Gasteiger partial charge on any atom is 0.339 e. The van der Waals surface area contributed by atoms with E-state index < -0.39 is 18.5 Å². The second-order valence-electron chi connectivity index (χ2n) is 8.51. The number of carbonyl (C=O) groups is 3. The highest BCUT2D eigenvalue weighted by Crippen LogP contribution is 2.27. The highest BCUT2D eigenvalue weighted by molar-refractivity contribution is 6.15. The molecule has 170 valence electrons. The van der Waals surface area contributed by atoms with Crippen molar-refractivity contribution in [2.45, 2.75) is 40.5 Å². The van der Waals surface area contributed by atoms with Crippen LogP contribution in [0.1, 0.15) is 68.3 Å². The van der Waals surface area contributed by atoms with E-state index in [2.05, 4.69) is 5.32 Å². The molecule has 3 aromatic rings. The zero-order valence-electron chi connectivity index (χ0n) is 19.7. The summed E-state index contributed by atoms with van der Waals surface area (Å²) in [6, 6.07) is 18.0. The third-order valence-electron chi connectivity index (χ3n) is 5.56. The van der Waals surface area contributed by atoms with Gasteiger partial charge in [0.2, 0.25) is 0 Å². The Kier molecular flexibility index (Phi) is 7.44. The van der Waals surface area contributed by atoms with E-state index in [1.165, 1.54) is 6.07 Å². The molecule has 0 spiro atoms. The van der Waals surface area contributed by atoms with Crippen LogP contribution in [0.2, 0.25) is 0 Å². The summed E-state index contributed by atoms with van der Waals surface area (Å²) in [5, 5.41) is 2.86. The van der Waals surface area contributed by atoms with Gasteiger partial charge in [0.1, 0.15) is 0 Å². The van der Waals surface area contributed by atoms with Gasteiger partial charge in [-0.15, -0.1) is 0 Å². The lowest BCUT2D eigenvalue weighted by molar-refractivity contribution is -0.119. The van der Waals surface area contributed by atoms with Gasteiger partial charge >= 0.3 is 5.97 Å². The van der Waals surface area contributed by atoms with Crippen molar-refractivity contribution < 1.29 is 19.1 Å². The molecule has 5 nitrogen and oxygen atoms in total. The van der Waals surface area contributed by atoms with Gasteiger partial charge in [0.25, 0.3) is 5.91 Å². The number of ketones is 1. The summed E-state index contributed by atoms with van der Waals surface area (Å²) in [6.07, 6.45) is 0. The van der Waals surface area contributed by atoms with Crippen LogP contribution in [0.3, 0.4) is 0 Å². The Morgan fingerprint density at radius 2 is 1.52 bits per heavy atom. The van der Waals surface area contributed by atoms with Gasteiger partial charge in [0.05, 0.1) is 5.56 Å². The van der Waals surface area contributed by atoms with Gasteiger partial charge in [-0.2, -0.15) is 0 Å². The van der Waals surface area contributed by atoms with Crippen LogP contribution in [-0.4, -0.2) is 24.3 Å². The Bertz CT molecular complexity index is 1210. The van der Waals surface area contributed by atoms with Crippen LogP contribution < -0.4 is 5.32 Å². The number of nitrogens with one attached hydrogen (secondary N) is 1. The van der Waals surface area contributed by atoms with E-state index in [9.17, 15) is 14.4 Å². The van der Waals surface area contributed by atoms with Gasteiger partial charge in [-0.3, -0.25) is 9.59 Å². The highest BCUT2D eigenvalue weighted by Gasteiger charge is 2.21. The third-order valence-corrected chi connectivity index (χ3v) is 5.56. The van der Waals surface area contributed by atoms with E-state index in [0.29, 0.717) is 5.56 Å². The minimum absolute atomic E-state index is 0.134. The first kappa shape index (κ1) is 23.9. The van der Waals surface area contributed by atoms with Crippen LogP contribution in [0.4, 0.5) is 5.69 Å². The molecule has 3 aromatic carbocycles. The quantitative estimate of drug-likeness (QED) is 0.372. The molecule has 0 saturated carbocycles. The minimum Gasteiger partial charge on any atom is -0.452 e. The first-order valence-electron chi connectivity index (χ1n) is 11.0. The van der Waals surface area contributed by atoms with Crippen LogP contribution in [0.5, 0.6) is 0 Å². The smallest absolute Gasteiger partial charge is 0.339 e. The molecule has 0 atom stereocenters. The average molecular weight is 444 g/mol. The zero-order chi connectivity index (χ0) is 24.1. The predicted octanol–water partition coefficient (Wildman–Crippen LogP) is 5.76. The number of hydrogen-bond donors (Lipinski definition) is 1. The largest absolute Gasteiger partial charge is 0.452 e. The van der Waals surface area contributed by atoms with E-state index in [1.54, 1.807) is 18.2 Å². The van der Waals surface area contributed by atoms with Crippen LogP contribution in [-0.2, 0) is 9.53 Å². The molecule has 33 heavy (non-hydrogen) atoms. The molecule has 5 heteroatoms. The molecule has 0 radical (unpaired) electrons. The first-order valence-corrected chi connectivity index (χ1v) is 11.0. The Hall–Kier alpha value is -3.73. The van der Waals surface area contributed by atoms with Crippen LogP contribution in [0, 0.1) is 20.8 Å². The number of esters is 1. The van der Waals surface area contributed by atoms with Crippen molar-refractivity contribution in [3.05, 3.63) is 99.6 Å². The molecular weight excluding hydrogens is 414 g/mol. The molecule has 3 rings (SSSR count). The number of benzene rings is 3. The van der Waals surface area contributed by atoms with Crippen LogP contribution in [0.15, 0.2) is 60.7 Å². The van der Waals surface area contributed by atoms with Crippen molar-refractivity contribution in [1.29, 1.82) is 0 Å². The predicted molar refractivity (Wildman–Crippen MR) is 130 cm³/mol. The molecule has 0 saturated heterocycles. The molecule has 0 aliphatic heterocycles. The summed E-state index contributed by atoms with van der Waals surface area (Å²) in [5.74, 6) is -1.17. The summed E-state index contributed by atoms with van der Waals surface area (Å²) in [5.41, 5.74) is 5.38. The van der Waals surface area contributed by atoms with Crippen LogP contribution >= 0.6 is 0 Å². The Labute approximate surface area is 194 Å². The normalized spacial score (nSPS) is 10.7. The second-order valence-corrected chi connectivity index (χ2v) is 8.51. The molecule has 0 aliphatic carbocycles. The number of ether oxygens (including phenoxy) is 1. The standard InChI is InChI=1S/C28H29NO4/c1-17(2)21-12-8-9-20(5)26(21)29-25(30)16-33-28(32)23-11-7-6-10-22(23)27(31)24-15-18(3)13-14-19(24)4/h6-15,17H,16H2,1-5H3,(H,29,30). The number of amides is 1. The minimum atomic E-state index is -0.715. The number of hydrogen-bond acceptors (Lipinski definition) is 4. The molecule has 1 amide bonds. The number of para-hydroxylation sites is 1.